The number of aromatic nitrogens is 1. The minimum absolute atomic E-state index is 0.0526. The number of nitrogens with one attached hydrogen (secondary N) is 1. The number of urea groups is 1. The zero-order chi connectivity index (χ0) is 16.3. The quantitative estimate of drug-likeness (QED) is 0.908. The average Bonchev–Trinajstić information content (AvgIpc) is 3.03. The molecule has 2 amide bonds. The standard InChI is InChI=1S/C16H27N3O3/c1-10(2)9-21-14-6-7-19(8-14)16(20)17-11(3)15-12(4)18-22-13(15)5/h10-11,14H,6-9H2,1-5H3,(H,17,20)/t11-,14+/m1/s1. The van der Waals surface area contributed by atoms with Crippen LogP contribution in [0, 0.1) is 19.8 Å². The van der Waals surface area contributed by atoms with Crippen LogP contribution in [0.25, 0.3) is 0 Å². The normalized spacial score (nSPS) is 19.7. The SMILES string of the molecule is Cc1noc(C)c1[C@@H](C)NC(=O)N1CC[C@H](OCC(C)C)C1. The van der Waals surface area contributed by atoms with Crippen molar-refractivity contribution in [2.45, 2.75) is 53.2 Å². The molecule has 0 spiro atoms. The molecule has 22 heavy (non-hydrogen) atoms. The Morgan fingerprint density at radius 3 is 2.77 bits per heavy atom. The van der Waals surface area contributed by atoms with Crippen LogP contribution in [0.1, 0.15) is 50.3 Å². The van der Waals surface area contributed by atoms with E-state index in [1.165, 1.54) is 0 Å². The number of aryl methyl sites for hydroxylation is 2. The molecule has 1 fully saturated rings. The van der Waals surface area contributed by atoms with Crippen molar-refractivity contribution in [1.29, 1.82) is 0 Å². The lowest BCUT2D eigenvalue weighted by molar-refractivity contribution is 0.0435. The molecule has 0 saturated carbocycles. The predicted molar refractivity (Wildman–Crippen MR) is 83.7 cm³/mol. The fraction of sp³-hybridized carbons (Fsp3) is 0.750. The minimum atomic E-state index is -0.116. The van der Waals surface area contributed by atoms with Gasteiger partial charge in [0.2, 0.25) is 0 Å². The Kier molecular flexibility index (Phi) is 5.45. The summed E-state index contributed by atoms with van der Waals surface area (Å²) in [6.07, 6.45) is 1.06. The number of carbonyl (C=O) groups is 1. The van der Waals surface area contributed by atoms with E-state index in [2.05, 4.69) is 24.3 Å². The minimum Gasteiger partial charge on any atom is -0.376 e. The van der Waals surface area contributed by atoms with Crippen molar-refractivity contribution >= 4 is 6.03 Å². The molecule has 1 saturated heterocycles. The summed E-state index contributed by atoms with van der Waals surface area (Å²) in [7, 11) is 0. The van der Waals surface area contributed by atoms with Crippen molar-refractivity contribution in [3.63, 3.8) is 0 Å². The van der Waals surface area contributed by atoms with E-state index in [1.54, 1.807) is 0 Å². The van der Waals surface area contributed by atoms with Crippen molar-refractivity contribution in [2.75, 3.05) is 19.7 Å². The van der Waals surface area contributed by atoms with E-state index in [-0.39, 0.29) is 18.2 Å². The Hall–Kier alpha value is -1.56. The molecule has 0 unspecified atom stereocenters. The second kappa shape index (κ2) is 7.13. The van der Waals surface area contributed by atoms with Crippen LogP contribution in [-0.2, 0) is 4.74 Å². The molecular weight excluding hydrogens is 282 g/mol. The monoisotopic (exact) mass is 309 g/mol. The highest BCUT2D eigenvalue weighted by molar-refractivity contribution is 5.75. The average molecular weight is 309 g/mol. The molecule has 1 aliphatic heterocycles. The molecule has 2 rings (SSSR count). The second-order valence-electron chi connectivity index (χ2n) is 6.49. The van der Waals surface area contributed by atoms with Gasteiger partial charge in [-0.15, -0.1) is 0 Å². The first-order valence-corrected chi connectivity index (χ1v) is 7.98. The largest absolute Gasteiger partial charge is 0.376 e. The molecule has 0 aliphatic carbocycles. The number of ether oxygens (including phenoxy) is 1. The maximum atomic E-state index is 12.4. The molecule has 1 aromatic rings. The first kappa shape index (κ1) is 16.8. The fourth-order valence-corrected chi connectivity index (χ4v) is 2.83. The highest BCUT2D eigenvalue weighted by Gasteiger charge is 2.28. The zero-order valence-corrected chi connectivity index (χ0v) is 14.2. The molecule has 0 bridgehead atoms. The van der Waals surface area contributed by atoms with Gasteiger partial charge in [-0.2, -0.15) is 0 Å². The Balaban J connectivity index is 1.85. The van der Waals surface area contributed by atoms with Crippen molar-refractivity contribution in [3.05, 3.63) is 17.0 Å². The van der Waals surface area contributed by atoms with Gasteiger partial charge in [-0.25, -0.2) is 4.79 Å². The molecule has 2 atom stereocenters. The van der Waals surface area contributed by atoms with Gasteiger partial charge < -0.3 is 19.5 Å². The summed E-state index contributed by atoms with van der Waals surface area (Å²) in [6.45, 7) is 12.1. The molecule has 0 aromatic carbocycles. The molecule has 6 nitrogen and oxygen atoms in total. The number of rotatable bonds is 5. The number of hydrogen-bond donors (Lipinski definition) is 1. The van der Waals surface area contributed by atoms with Crippen LogP contribution in [0.4, 0.5) is 4.79 Å². The van der Waals surface area contributed by atoms with Gasteiger partial charge in [0.1, 0.15) is 5.76 Å². The summed E-state index contributed by atoms with van der Waals surface area (Å²) in [5.41, 5.74) is 1.78. The molecule has 1 N–H and O–H groups in total. The molecular formula is C16H27N3O3. The lowest BCUT2D eigenvalue weighted by atomic mass is 10.1. The first-order valence-electron chi connectivity index (χ1n) is 7.98. The van der Waals surface area contributed by atoms with Crippen LogP contribution in [-0.4, -0.2) is 41.9 Å². The van der Waals surface area contributed by atoms with Gasteiger partial charge in [0.25, 0.3) is 0 Å². The highest BCUT2D eigenvalue weighted by atomic mass is 16.5. The van der Waals surface area contributed by atoms with E-state index in [0.717, 1.165) is 36.6 Å². The van der Waals surface area contributed by atoms with Gasteiger partial charge in [-0.1, -0.05) is 19.0 Å². The lowest BCUT2D eigenvalue weighted by Crippen LogP contribution is -2.40. The van der Waals surface area contributed by atoms with E-state index in [0.29, 0.717) is 12.5 Å². The van der Waals surface area contributed by atoms with E-state index in [9.17, 15) is 4.79 Å². The third-order valence-corrected chi connectivity index (χ3v) is 3.96. The number of likely N-dealkylation sites (tertiary alicyclic amines) is 1. The molecule has 6 heteroatoms. The topological polar surface area (TPSA) is 67.6 Å². The maximum Gasteiger partial charge on any atom is 0.317 e. The Bertz CT molecular complexity index is 493. The summed E-state index contributed by atoms with van der Waals surface area (Å²) in [5.74, 6) is 1.27. The van der Waals surface area contributed by atoms with Gasteiger partial charge in [0, 0.05) is 25.3 Å². The number of carbonyl (C=O) groups excluding carboxylic acids is 1. The van der Waals surface area contributed by atoms with E-state index < -0.39 is 0 Å². The van der Waals surface area contributed by atoms with Crippen molar-refractivity contribution in [1.82, 2.24) is 15.4 Å². The number of amides is 2. The van der Waals surface area contributed by atoms with Crippen LogP contribution < -0.4 is 5.32 Å². The molecule has 124 valence electrons. The maximum absolute atomic E-state index is 12.4. The fourth-order valence-electron chi connectivity index (χ4n) is 2.83. The predicted octanol–water partition coefficient (Wildman–Crippen LogP) is 2.81. The van der Waals surface area contributed by atoms with Crippen molar-refractivity contribution in [3.8, 4) is 0 Å². The smallest absolute Gasteiger partial charge is 0.317 e. The van der Waals surface area contributed by atoms with Crippen LogP contribution in [0.5, 0.6) is 0 Å². The third kappa shape index (κ3) is 4.00. The Labute approximate surface area is 132 Å². The zero-order valence-electron chi connectivity index (χ0n) is 14.2. The van der Waals surface area contributed by atoms with Crippen LogP contribution >= 0.6 is 0 Å². The lowest BCUT2D eigenvalue weighted by Gasteiger charge is -2.21. The summed E-state index contributed by atoms with van der Waals surface area (Å²) in [4.78, 5) is 14.2. The van der Waals surface area contributed by atoms with Crippen LogP contribution in [0.2, 0.25) is 0 Å². The molecule has 0 radical (unpaired) electrons. The van der Waals surface area contributed by atoms with Gasteiger partial charge in [-0.3, -0.25) is 0 Å². The van der Waals surface area contributed by atoms with Gasteiger partial charge >= 0.3 is 6.03 Å². The van der Waals surface area contributed by atoms with E-state index in [4.69, 9.17) is 9.26 Å². The highest BCUT2D eigenvalue weighted by Crippen LogP contribution is 2.22. The Morgan fingerprint density at radius 2 is 2.18 bits per heavy atom. The van der Waals surface area contributed by atoms with Crippen molar-refractivity contribution < 1.29 is 14.1 Å². The van der Waals surface area contributed by atoms with Gasteiger partial charge in [0.15, 0.2) is 0 Å². The molecule has 1 aliphatic rings. The van der Waals surface area contributed by atoms with E-state index >= 15 is 0 Å². The number of nitrogens with zero attached hydrogens (tertiary/aromatic N) is 2. The van der Waals surface area contributed by atoms with E-state index in [1.807, 2.05) is 25.7 Å². The summed E-state index contributed by atoms with van der Waals surface area (Å²) >= 11 is 0. The van der Waals surface area contributed by atoms with Crippen LogP contribution in [0.15, 0.2) is 4.52 Å². The van der Waals surface area contributed by atoms with Gasteiger partial charge in [0.05, 0.1) is 17.8 Å². The summed E-state index contributed by atoms with van der Waals surface area (Å²) in [5, 5.41) is 6.96. The Morgan fingerprint density at radius 1 is 1.45 bits per heavy atom. The molecule has 2 heterocycles. The van der Waals surface area contributed by atoms with Crippen LogP contribution in [0.3, 0.4) is 0 Å². The summed E-state index contributed by atoms with van der Waals surface area (Å²) < 4.78 is 11.0. The summed E-state index contributed by atoms with van der Waals surface area (Å²) in [6, 6.07) is -0.169. The number of hydrogen-bond acceptors (Lipinski definition) is 4. The van der Waals surface area contributed by atoms with Gasteiger partial charge in [-0.05, 0) is 33.1 Å². The second-order valence-corrected chi connectivity index (χ2v) is 6.49. The molecule has 1 aromatic heterocycles. The van der Waals surface area contributed by atoms with Crippen molar-refractivity contribution in [2.24, 2.45) is 5.92 Å². The third-order valence-electron chi connectivity index (χ3n) is 3.96. The first-order chi connectivity index (χ1) is 10.4.